The fraction of sp³-hybridized carbons (Fsp3) is 0.231. The largest absolute Gasteiger partial charge is 0.344 e. The summed E-state index contributed by atoms with van der Waals surface area (Å²) >= 11 is 0. The van der Waals surface area contributed by atoms with Gasteiger partial charge in [0.1, 0.15) is 0 Å². The van der Waals surface area contributed by atoms with Gasteiger partial charge in [-0.25, -0.2) is 0 Å². The van der Waals surface area contributed by atoms with Crippen molar-refractivity contribution in [2.75, 3.05) is 4.90 Å². The van der Waals surface area contributed by atoms with Crippen molar-refractivity contribution in [3.8, 4) is 0 Å². The van der Waals surface area contributed by atoms with Crippen LogP contribution in [0.5, 0.6) is 0 Å². The molecule has 1 heterocycles. The van der Waals surface area contributed by atoms with E-state index in [1.165, 1.54) is 72.2 Å². The summed E-state index contributed by atoms with van der Waals surface area (Å²) in [7, 11) is 2.22. The van der Waals surface area contributed by atoms with Crippen LogP contribution in [0, 0.1) is 13.8 Å². The van der Waals surface area contributed by atoms with Crippen LogP contribution in [0.15, 0.2) is 103 Å². The average molecular weight is 535 g/mol. The van der Waals surface area contributed by atoms with Gasteiger partial charge >= 0.3 is 0 Å². The second kappa shape index (κ2) is 8.85. The highest BCUT2D eigenvalue weighted by Crippen LogP contribution is 2.51. The SMILES string of the molecule is Cc1ccccc1N(c1ccccc1)c1cc2c3cc4c(cc3n(C)c2cc1C)C(C)(C)c1ccccc1C4(C)C. The van der Waals surface area contributed by atoms with E-state index in [4.69, 9.17) is 0 Å². The maximum absolute atomic E-state index is 2.50. The molecule has 1 aromatic heterocycles. The quantitative estimate of drug-likeness (QED) is 0.219. The van der Waals surface area contributed by atoms with Crippen LogP contribution >= 0.6 is 0 Å². The molecule has 0 saturated carbocycles. The summed E-state index contributed by atoms with van der Waals surface area (Å²) in [4.78, 5) is 2.42. The summed E-state index contributed by atoms with van der Waals surface area (Å²) in [5, 5.41) is 2.62. The second-order valence-electron chi connectivity index (χ2n) is 12.9. The standard InChI is InChI=1S/C39H38N2/c1-25-15-11-14-20-34(25)41(27-16-9-8-10-17-27)35-23-29-28-22-32-33(24-37(28)40(7)36(29)21-26(35)2)39(5,6)31-19-13-12-18-30(31)38(32,3)4/h8-24H,1-7H3. The van der Waals surface area contributed by atoms with Crippen molar-refractivity contribution >= 4 is 38.9 Å². The lowest BCUT2D eigenvalue weighted by Gasteiger charge is -2.44. The van der Waals surface area contributed by atoms with Crippen molar-refractivity contribution in [2.45, 2.75) is 52.4 Å². The first kappa shape index (κ1) is 25.7. The first-order valence-electron chi connectivity index (χ1n) is 14.7. The smallest absolute Gasteiger partial charge is 0.0498 e. The Balaban J connectivity index is 1.53. The third-order valence-electron chi connectivity index (χ3n) is 9.70. The summed E-state index contributed by atoms with van der Waals surface area (Å²) in [6, 6.07) is 38.3. The summed E-state index contributed by atoms with van der Waals surface area (Å²) in [6.45, 7) is 14.0. The van der Waals surface area contributed by atoms with Crippen molar-refractivity contribution in [3.05, 3.63) is 137 Å². The van der Waals surface area contributed by atoms with Gasteiger partial charge < -0.3 is 9.47 Å². The number of hydrogen-bond acceptors (Lipinski definition) is 1. The molecule has 0 radical (unpaired) electrons. The third kappa shape index (κ3) is 3.63. The number of aryl methyl sites for hydroxylation is 3. The Bertz CT molecular complexity index is 1970. The fourth-order valence-electron chi connectivity index (χ4n) is 7.32. The third-order valence-corrected chi connectivity index (χ3v) is 9.70. The molecule has 1 aliphatic carbocycles. The minimum Gasteiger partial charge on any atom is -0.344 e. The molecule has 0 amide bonds. The number of rotatable bonds is 3. The molecule has 0 atom stereocenters. The van der Waals surface area contributed by atoms with Crippen LogP contribution in [0.1, 0.15) is 61.1 Å². The van der Waals surface area contributed by atoms with E-state index in [9.17, 15) is 0 Å². The van der Waals surface area contributed by atoms with E-state index in [2.05, 4.69) is 161 Å². The summed E-state index contributed by atoms with van der Waals surface area (Å²) < 4.78 is 2.39. The van der Waals surface area contributed by atoms with E-state index in [0.717, 1.165) is 0 Å². The maximum atomic E-state index is 2.50. The number of hydrogen-bond donors (Lipinski definition) is 0. The van der Waals surface area contributed by atoms with Crippen LogP contribution in [-0.2, 0) is 17.9 Å². The van der Waals surface area contributed by atoms with Gasteiger partial charge in [-0.15, -0.1) is 0 Å². The van der Waals surface area contributed by atoms with Crippen LogP contribution in [0.3, 0.4) is 0 Å². The molecule has 0 N–H and O–H groups in total. The molecule has 5 aromatic carbocycles. The topological polar surface area (TPSA) is 8.17 Å². The Morgan fingerprint density at radius 3 is 1.71 bits per heavy atom. The predicted octanol–water partition coefficient (Wildman–Crippen LogP) is 10.4. The molecule has 0 aliphatic heterocycles. The maximum Gasteiger partial charge on any atom is 0.0498 e. The van der Waals surface area contributed by atoms with E-state index in [-0.39, 0.29) is 10.8 Å². The molecule has 7 rings (SSSR count). The van der Waals surface area contributed by atoms with E-state index in [1.54, 1.807) is 0 Å². The lowest BCUT2D eigenvalue weighted by Crippen LogP contribution is -2.36. The molecule has 0 unspecified atom stereocenters. The van der Waals surface area contributed by atoms with Crippen molar-refractivity contribution in [3.63, 3.8) is 0 Å². The summed E-state index contributed by atoms with van der Waals surface area (Å²) in [6.07, 6.45) is 0. The number of fused-ring (bicyclic) bond motifs is 5. The number of nitrogens with zero attached hydrogens (tertiary/aromatic N) is 2. The Labute approximate surface area is 243 Å². The molecule has 2 nitrogen and oxygen atoms in total. The molecule has 0 fully saturated rings. The van der Waals surface area contributed by atoms with Crippen molar-refractivity contribution in [1.82, 2.24) is 4.57 Å². The average Bonchev–Trinajstić information content (AvgIpc) is 3.23. The zero-order valence-corrected chi connectivity index (χ0v) is 25.2. The van der Waals surface area contributed by atoms with Gasteiger partial charge in [-0.3, -0.25) is 0 Å². The minimum atomic E-state index is -0.0808. The Morgan fingerprint density at radius 2 is 1.05 bits per heavy atom. The number of aromatic nitrogens is 1. The van der Waals surface area contributed by atoms with Gasteiger partial charge in [-0.2, -0.15) is 0 Å². The highest BCUT2D eigenvalue weighted by atomic mass is 15.1. The number of benzene rings is 5. The fourth-order valence-corrected chi connectivity index (χ4v) is 7.32. The van der Waals surface area contributed by atoms with Gasteiger partial charge in [-0.1, -0.05) is 88.4 Å². The molecule has 0 spiro atoms. The van der Waals surface area contributed by atoms with E-state index in [1.807, 2.05) is 0 Å². The van der Waals surface area contributed by atoms with Gasteiger partial charge in [0.15, 0.2) is 0 Å². The monoisotopic (exact) mass is 534 g/mol. The molecule has 0 bridgehead atoms. The second-order valence-corrected chi connectivity index (χ2v) is 12.9. The van der Waals surface area contributed by atoms with E-state index < -0.39 is 0 Å². The molecule has 41 heavy (non-hydrogen) atoms. The molecule has 2 heteroatoms. The lowest BCUT2D eigenvalue weighted by atomic mass is 9.60. The van der Waals surface area contributed by atoms with Crippen LogP contribution in [0.25, 0.3) is 21.8 Å². The molecular formula is C39H38N2. The van der Waals surface area contributed by atoms with Crippen molar-refractivity contribution < 1.29 is 0 Å². The van der Waals surface area contributed by atoms with Crippen molar-refractivity contribution in [1.29, 1.82) is 0 Å². The Kier molecular flexibility index (Phi) is 5.54. The van der Waals surface area contributed by atoms with Gasteiger partial charge in [0.05, 0.1) is 0 Å². The molecule has 0 saturated heterocycles. The van der Waals surface area contributed by atoms with Crippen LogP contribution in [-0.4, -0.2) is 4.57 Å². The van der Waals surface area contributed by atoms with Crippen LogP contribution < -0.4 is 4.90 Å². The van der Waals surface area contributed by atoms with Gasteiger partial charge in [0.25, 0.3) is 0 Å². The predicted molar refractivity (Wildman–Crippen MR) is 175 cm³/mol. The zero-order chi connectivity index (χ0) is 28.7. The molecule has 1 aliphatic rings. The number of anilines is 3. The summed E-state index contributed by atoms with van der Waals surface area (Å²) in [5.41, 5.74) is 14.3. The molecule has 204 valence electrons. The lowest BCUT2D eigenvalue weighted by molar-refractivity contribution is 0.521. The highest BCUT2D eigenvalue weighted by Gasteiger charge is 2.41. The minimum absolute atomic E-state index is 0.0673. The Morgan fingerprint density at radius 1 is 0.512 bits per heavy atom. The molecular weight excluding hydrogens is 496 g/mol. The number of para-hydroxylation sites is 2. The highest BCUT2D eigenvalue weighted by molar-refractivity contribution is 6.10. The van der Waals surface area contributed by atoms with Gasteiger partial charge in [0, 0.05) is 56.7 Å². The Hall–Kier alpha value is -4.30. The van der Waals surface area contributed by atoms with Gasteiger partial charge in [0.2, 0.25) is 0 Å². The van der Waals surface area contributed by atoms with E-state index >= 15 is 0 Å². The zero-order valence-electron chi connectivity index (χ0n) is 25.2. The van der Waals surface area contributed by atoms with Gasteiger partial charge in [-0.05, 0) is 89.7 Å². The normalized spacial score (nSPS) is 15.1. The van der Waals surface area contributed by atoms with E-state index in [0.29, 0.717) is 0 Å². The first-order valence-corrected chi connectivity index (χ1v) is 14.7. The van der Waals surface area contributed by atoms with Crippen LogP contribution in [0.2, 0.25) is 0 Å². The van der Waals surface area contributed by atoms with Crippen LogP contribution in [0.4, 0.5) is 17.1 Å². The summed E-state index contributed by atoms with van der Waals surface area (Å²) in [5.74, 6) is 0. The first-order chi connectivity index (χ1) is 19.6. The molecule has 6 aromatic rings. The van der Waals surface area contributed by atoms with Crippen molar-refractivity contribution in [2.24, 2.45) is 7.05 Å².